The highest BCUT2D eigenvalue weighted by atomic mass is 16.5. The first kappa shape index (κ1) is 15.5. The summed E-state index contributed by atoms with van der Waals surface area (Å²) in [6.45, 7) is 6.53. The number of hydrogen-bond acceptors (Lipinski definition) is 2. The largest absolute Gasteiger partial charge is 0.374 e. The van der Waals surface area contributed by atoms with Crippen LogP contribution in [0.3, 0.4) is 0 Å². The van der Waals surface area contributed by atoms with Crippen molar-refractivity contribution in [2.75, 3.05) is 13.6 Å². The quantitative estimate of drug-likeness (QED) is 0.849. The van der Waals surface area contributed by atoms with Crippen LogP contribution in [0.25, 0.3) is 0 Å². The molecule has 0 aromatic heterocycles. The van der Waals surface area contributed by atoms with Gasteiger partial charge in [0.25, 0.3) is 0 Å². The SMILES string of the molecule is CNCCc1ccc(COC2CCC(C)(C)CC2)cc1. The number of nitrogens with one attached hydrogen (secondary N) is 1. The van der Waals surface area contributed by atoms with Crippen LogP contribution in [0, 0.1) is 5.41 Å². The van der Waals surface area contributed by atoms with Gasteiger partial charge in [-0.3, -0.25) is 0 Å². The number of ether oxygens (including phenoxy) is 1. The van der Waals surface area contributed by atoms with Crippen molar-refractivity contribution in [3.05, 3.63) is 35.4 Å². The molecule has 2 nitrogen and oxygen atoms in total. The molecular weight excluding hydrogens is 246 g/mol. The van der Waals surface area contributed by atoms with Gasteiger partial charge in [0.2, 0.25) is 0 Å². The van der Waals surface area contributed by atoms with Gasteiger partial charge in [0.1, 0.15) is 0 Å². The maximum Gasteiger partial charge on any atom is 0.0720 e. The van der Waals surface area contributed by atoms with Crippen LogP contribution in [0.1, 0.15) is 50.7 Å². The molecule has 0 spiro atoms. The third-order valence-electron chi connectivity index (χ3n) is 4.46. The molecule has 2 rings (SSSR count). The van der Waals surface area contributed by atoms with Crippen molar-refractivity contribution in [2.45, 2.75) is 58.7 Å². The van der Waals surface area contributed by atoms with Crippen molar-refractivity contribution in [2.24, 2.45) is 5.41 Å². The van der Waals surface area contributed by atoms with Crippen LogP contribution in [0.4, 0.5) is 0 Å². The van der Waals surface area contributed by atoms with Gasteiger partial charge in [0, 0.05) is 0 Å². The van der Waals surface area contributed by atoms with Crippen molar-refractivity contribution < 1.29 is 4.74 Å². The first-order valence-electron chi connectivity index (χ1n) is 7.93. The van der Waals surface area contributed by atoms with Gasteiger partial charge in [-0.15, -0.1) is 0 Å². The van der Waals surface area contributed by atoms with Gasteiger partial charge in [-0.1, -0.05) is 38.1 Å². The zero-order valence-corrected chi connectivity index (χ0v) is 13.2. The smallest absolute Gasteiger partial charge is 0.0720 e. The molecule has 1 aromatic rings. The van der Waals surface area contributed by atoms with E-state index >= 15 is 0 Å². The molecule has 112 valence electrons. The Morgan fingerprint density at radius 1 is 1.10 bits per heavy atom. The van der Waals surface area contributed by atoms with Gasteiger partial charge in [-0.25, -0.2) is 0 Å². The lowest BCUT2D eigenvalue weighted by atomic mass is 9.76. The summed E-state index contributed by atoms with van der Waals surface area (Å²) in [6, 6.07) is 8.86. The molecule has 1 aliphatic carbocycles. The number of hydrogen-bond donors (Lipinski definition) is 1. The minimum Gasteiger partial charge on any atom is -0.374 e. The van der Waals surface area contributed by atoms with Gasteiger partial charge >= 0.3 is 0 Å². The van der Waals surface area contributed by atoms with Crippen LogP contribution in [-0.4, -0.2) is 19.7 Å². The van der Waals surface area contributed by atoms with Gasteiger partial charge in [-0.2, -0.15) is 0 Å². The Hall–Kier alpha value is -0.860. The first-order valence-corrected chi connectivity index (χ1v) is 7.93. The van der Waals surface area contributed by atoms with Crippen LogP contribution in [0.15, 0.2) is 24.3 Å². The Balaban J connectivity index is 1.74. The highest BCUT2D eigenvalue weighted by Gasteiger charge is 2.26. The number of likely N-dealkylation sites (N-methyl/N-ethyl adjacent to an activating group) is 1. The van der Waals surface area contributed by atoms with Gasteiger partial charge in [0.15, 0.2) is 0 Å². The Labute approximate surface area is 123 Å². The number of rotatable bonds is 6. The minimum absolute atomic E-state index is 0.465. The van der Waals surface area contributed by atoms with E-state index in [1.165, 1.54) is 36.8 Å². The average molecular weight is 275 g/mol. The summed E-state index contributed by atoms with van der Waals surface area (Å²) in [4.78, 5) is 0. The Morgan fingerprint density at radius 3 is 2.30 bits per heavy atom. The second-order valence-electron chi connectivity index (χ2n) is 6.84. The third-order valence-corrected chi connectivity index (χ3v) is 4.46. The summed E-state index contributed by atoms with van der Waals surface area (Å²) in [6.07, 6.45) is 6.57. The molecule has 0 amide bonds. The molecule has 1 saturated carbocycles. The van der Waals surface area contributed by atoms with Crippen LogP contribution in [0.2, 0.25) is 0 Å². The van der Waals surface area contributed by atoms with E-state index in [0.717, 1.165) is 19.6 Å². The lowest BCUT2D eigenvalue weighted by Gasteiger charge is -2.34. The van der Waals surface area contributed by atoms with Crippen molar-refractivity contribution in [1.82, 2.24) is 5.32 Å². The maximum absolute atomic E-state index is 6.07. The molecule has 2 heteroatoms. The van der Waals surface area contributed by atoms with E-state index in [9.17, 15) is 0 Å². The first-order chi connectivity index (χ1) is 9.59. The summed E-state index contributed by atoms with van der Waals surface area (Å²) in [5.41, 5.74) is 3.21. The standard InChI is InChI=1S/C18H29NO/c1-18(2)11-8-17(9-12-18)20-14-16-6-4-15(5-7-16)10-13-19-3/h4-7,17,19H,8-14H2,1-3H3. The fourth-order valence-electron chi connectivity index (χ4n) is 2.83. The van der Waals surface area contributed by atoms with E-state index in [4.69, 9.17) is 4.74 Å². The van der Waals surface area contributed by atoms with Crippen LogP contribution in [-0.2, 0) is 17.8 Å². The van der Waals surface area contributed by atoms with Crippen molar-refractivity contribution in [3.8, 4) is 0 Å². The van der Waals surface area contributed by atoms with Gasteiger partial charge in [-0.05, 0) is 62.2 Å². The summed E-state index contributed by atoms with van der Waals surface area (Å²) < 4.78 is 6.07. The number of benzene rings is 1. The van der Waals surface area contributed by atoms with Crippen molar-refractivity contribution in [3.63, 3.8) is 0 Å². The molecule has 0 heterocycles. The fraction of sp³-hybridized carbons (Fsp3) is 0.667. The molecule has 1 N–H and O–H groups in total. The molecule has 1 aliphatic rings. The predicted octanol–water partition coefficient (Wildman–Crippen LogP) is 3.93. The average Bonchev–Trinajstić information content (AvgIpc) is 2.45. The second kappa shape index (κ2) is 7.24. The highest BCUT2D eigenvalue weighted by molar-refractivity contribution is 5.22. The molecule has 0 saturated heterocycles. The highest BCUT2D eigenvalue weighted by Crippen LogP contribution is 2.36. The van der Waals surface area contributed by atoms with Crippen LogP contribution >= 0.6 is 0 Å². The summed E-state index contributed by atoms with van der Waals surface area (Å²) >= 11 is 0. The summed E-state index contributed by atoms with van der Waals surface area (Å²) in [5, 5.41) is 3.18. The van der Waals surface area contributed by atoms with Crippen molar-refractivity contribution in [1.29, 1.82) is 0 Å². The van der Waals surface area contributed by atoms with E-state index in [1.54, 1.807) is 0 Å². The van der Waals surface area contributed by atoms with E-state index in [0.29, 0.717) is 11.5 Å². The molecule has 0 unspecified atom stereocenters. The zero-order valence-electron chi connectivity index (χ0n) is 13.2. The normalized spacial score (nSPS) is 19.1. The molecule has 0 atom stereocenters. The molecular formula is C18H29NO. The summed E-state index contributed by atoms with van der Waals surface area (Å²) in [7, 11) is 1.99. The van der Waals surface area contributed by atoms with Gasteiger partial charge in [0.05, 0.1) is 12.7 Å². The van der Waals surface area contributed by atoms with E-state index in [1.807, 2.05) is 7.05 Å². The van der Waals surface area contributed by atoms with Crippen LogP contribution < -0.4 is 5.32 Å². The van der Waals surface area contributed by atoms with Gasteiger partial charge < -0.3 is 10.1 Å². The maximum atomic E-state index is 6.07. The lowest BCUT2D eigenvalue weighted by molar-refractivity contribution is -0.00558. The molecule has 0 radical (unpaired) electrons. The zero-order chi connectivity index (χ0) is 14.4. The Bertz CT molecular complexity index is 386. The van der Waals surface area contributed by atoms with E-state index < -0.39 is 0 Å². The molecule has 0 bridgehead atoms. The Kier molecular flexibility index (Phi) is 5.62. The molecule has 0 aliphatic heterocycles. The molecule has 20 heavy (non-hydrogen) atoms. The third kappa shape index (κ3) is 4.92. The molecule has 1 aromatic carbocycles. The van der Waals surface area contributed by atoms with Crippen molar-refractivity contribution >= 4 is 0 Å². The second-order valence-corrected chi connectivity index (χ2v) is 6.84. The van der Waals surface area contributed by atoms with Crippen LogP contribution in [0.5, 0.6) is 0 Å². The summed E-state index contributed by atoms with van der Waals surface area (Å²) in [5.74, 6) is 0. The van der Waals surface area contributed by atoms with E-state index in [-0.39, 0.29) is 0 Å². The minimum atomic E-state index is 0.465. The lowest BCUT2D eigenvalue weighted by Crippen LogP contribution is -2.26. The predicted molar refractivity (Wildman–Crippen MR) is 84.9 cm³/mol. The van der Waals surface area contributed by atoms with E-state index in [2.05, 4.69) is 43.4 Å². The molecule has 1 fully saturated rings. The Morgan fingerprint density at radius 2 is 1.70 bits per heavy atom. The monoisotopic (exact) mass is 275 g/mol. The fourth-order valence-corrected chi connectivity index (χ4v) is 2.83. The topological polar surface area (TPSA) is 21.3 Å².